The molecular formula is C26H23N5O. The van der Waals surface area contributed by atoms with Crippen LogP contribution in [0.1, 0.15) is 11.1 Å². The Labute approximate surface area is 186 Å². The summed E-state index contributed by atoms with van der Waals surface area (Å²) in [6.07, 6.45) is 12.7. The summed E-state index contributed by atoms with van der Waals surface area (Å²) < 4.78 is 2.13. The molecule has 0 N–H and O–H groups in total. The minimum absolute atomic E-state index is 0.0181. The molecule has 32 heavy (non-hydrogen) atoms. The molecule has 2 heterocycles. The standard InChI is InChI=1S/C26H23N5O/c1-30-17-19(21-10-4-7-13-24(21)30)14-16-31-18-20-9-3-2-8-15-26(20,25(31)32)22-11-5-6-12-23(22)28-29-27/h2-13,15,17H,14,16,18H2,1H3. The molecule has 1 aliphatic heterocycles. The number of hydrogen-bond donors (Lipinski definition) is 0. The van der Waals surface area contributed by atoms with Crippen molar-refractivity contribution in [3.63, 3.8) is 0 Å². The SMILES string of the molecule is Cn1cc(CCN2CC3=CC=CC=CC3(c3ccccc3N=[N+]=[N-])C2=O)c2ccccc21. The van der Waals surface area contributed by atoms with Crippen molar-refractivity contribution in [1.82, 2.24) is 9.47 Å². The maximum absolute atomic E-state index is 13.9. The molecule has 2 aliphatic rings. The molecule has 1 aliphatic carbocycles. The van der Waals surface area contributed by atoms with Crippen LogP contribution in [0.4, 0.5) is 5.69 Å². The topological polar surface area (TPSA) is 74.0 Å². The van der Waals surface area contributed by atoms with Crippen LogP contribution in [0.25, 0.3) is 21.3 Å². The van der Waals surface area contributed by atoms with Crippen molar-refractivity contribution < 1.29 is 4.79 Å². The van der Waals surface area contributed by atoms with E-state index in [0.717, 1.165) is 17.6 Å². The van der Waals surface area contributed by atoms with Crippen molar-refractivity contribution in [3.05, 3.63) is 112 Å². The molecule has 5 rings (SSSR count). The van der Waals surface area contributed by atoms with Crippen molar-refractivity contribution in [2.24, 2.45) is 12.2 Å². The van der Waals surface area contributed by atoms with Crippen LogP contribution in [0.2, 0.25) is 0 Å². The minimum Gasteiger partial charge on any atom is -0.350 e. The lowest BCUT2D eigenvalue weighted by molar-refractivity contribution is -0.130. The fourth-order valence-corrected chi connectivity index (χ4v) is 4.97. The van der Waals surface area contributed by atoms with Gasteiger partial charge in [0.25, 0.3) is 0 Å². The number of para-hydroxylation sites is 1. The Hall–Kier alpha value is -4.02. The van der Waals surface area contributed by atoms with Gasteiger partial charge in [-0.05, 0) is 34.7 Å². The average molecular weight is 422 g/mol. The first-order chi connectivity index (χ1) is 15.6. The maximum atomic E-state index is 13.9. The summed E-state index contributed by atoms with van der Waals surface area (Å²) in [6, 6.07) is 15.7. The Bertz CT molecular complexity index is 1360. The second-order valence-electron chi connectivity index (χ2n) is 8.21. The third kappa shape index (κ3) is 3.04. The Morgan fingerprint density at radius 2 is 1.91 bits per heavy atom. The summed E-state index contributed by atoms with van der Waals surface area (Å²) >= 11 is 0. The van der Waals surface area contributed by atoms with Crippen LogP contribution in [0.15, 0.2) is 95.8 Å². The van der Waals surface area contributed by atoms with E-state index in [1.54, 1.807) is 6.07 Å². The van der Waals surface area contributed by atoms with E-state index in [9.17, 15) is 4.79 Å². The van der Waals surface area contributed by atoms with E-state index in [0.29, 0.717) is 18.8 Å². The van der Waals surface area contributed by atoms with E-state index < -0.39 is 5.41 Å². The molecule has 3 aromatic rings. The van der Waals surface area contributed by atoms with Crippen molar-refractivity contribution in [3.8, 4) is 0 Å². The smallest absolute Gasteiger partial charge is 0.241 e. The van der Waals surface area contributed by atoms with E-state index in [2.05, 4.69) is 46.0 Å². The number of aromatic nitrogens is 1. The molecule has 1 aromatic heterocycles. The number of carbonyl (C=O) groups is 1. The van der Waals surface area contributed by atoms with Gasteiger partial charge in [0.15, 0.2) is 0 Å². The summed E-state index contributed by atoms with van der Waals surface area (Å²) in [5.74, 6) is 0.0181. The quantitative estimate of drug-likeness (QED) is 0.305. The van der Waals surface area contributed by atoms with Crippen LogP contribution >= 0.6 is 0 Å². The van der Waals surface area contributed by atoms with Gasteiger partial charge in [0.2, 0.25) is 5.91 Å². The van der Waals surface area contributed by atoms with E-state index in [-0.39, 0.29) is 5.91 Å². The highest BCUT2D eigenvalue weighted by atomic mass is 16.2. The number of rotatable bonds is 5. The molecule has 1 fully saturated rings. The van der Waals surface area contributed by atoms with Gasteiger partial charge in [0.05, 0.1) is 0 Å². The number of amides is 1. The molecule has 158 valence electrons. The fourth-order valence-electron chi connectivity index (χ4n) is 4.97. The molecule has 1 unspecified atom stereocenters. The van der Waals surface area contributed by atoms with Gasteiger partial charge in [0, 0.05) is 47.8 Å². The van der Waals surface area contributed by atoms with Crippen molar-refractivity contribution in [2.75, 3.05) is 13.1 Å². The lowest BCUT2D eigenvalue weighted by atomic mass is 9.74. The van der Waals surface area contributed by atoms with E-state index in [1.807, 2.05) is 59.5 Å². The molecule has 1 saturated heterocycles. The molecule has 1 amide bonds. The minimum atomic E-state index is -0.951. The number of fused-ring (bicyclic) bond motifs is 2. The zero-order valence-electron chi connectivity index (χ0n) is 17.8. The number of benzene rings is 2. The highest BCUT2D eigenvalue weighted by molar-refractivity contribution is 5.99. The van der Waals surface area contributed by atoms with Gasteiger partial charge in [-0.15, -0.1) is 0 Å². The predicted molar refractivity (Wildman–Crippen MR) is 126 cm³/mol. The van der Waals surface area contributed by atoms with Gasteiger partial charge in [-0.3, -0.25) is 4.79 Å². The fraction of sp³-hybridized carbons (Fsp3) is 0.192. The van der Waals surface area contributed by atoms with Crippen LogP contribution in [0.3, 0.4) is 0 Å². The summed E-state index contributed by atoms with van der Waals surface area (Å²) in [7, 11) is 2.05. The first kappa shape index (κ1) is 19.9. The van der Waals surface area contributed by atoms with Crippen LogP contribution in [0.5, 0.6) is 0 Å². The van der Waals surface area contributed by atoms with Crippen molar-refractivity contribution in [1.29, 1.82) is 0 Å². The summed E-state index contributed by atoms with van der Waals surface area (Å²) in [5.41, 5.74) is 12.7. The Kier molecular flexibility index (Phi) is 4.92. The number of nitrogens with zero attached hydrogens (tertiary/aromatic N) is 5. The number of hydrogen-bond acceptors (Lipinski definition) is 2. The number of azide groups is 1. The maximum Gasteiger partial charge on any atom is 0.241 e. The Morgan fingerprint density at radius 1 is 1.09 bits per heavy atom. The largest absolute Gasteiger partial charge is 0.350 e. The number of allylic oxidation sites excluding steroid dienone is 4. The second-order valence-corrected chi connectivity index (χ2v) is 8.21. The molecule has 0 bridgehead atoms. The zero-order valence-corrected chi connectivity index (χ0v) is 17.8. The van der Waals surface area contributed by atoms with Crippen molar-refractivity contribution in [2.45, 2.75) is 11.8 Å². The molecular weight excluding hydrogens is 398 g/mol. The van der Waals surface area contributed by atoms with Crippen LogP contribution in [-0.4, -0.2) is 28.5 Å². The van der Waals surface area contributed by atoms with Gasteiger partial charge in [0.1, 0.15) is 5.41 Å². The van der Waals surface area contributed by atoms with Gasteiger partial charge in [-0.2, -0.15) is 0 Å². The van der Waals surface area contributed by atoms with Crippen molar-refractivity contribution >= 4 is 22.5 Å². The number of aryl methyl sites for hydroxylation is 1. The predicted octanol–water partition coefficient (Wildman–Crippen LogP) is 5.50. The van der Waals surface area contributed by atoms with Gasteiger partial charge < -0.3 is 9.47 Å². The normalized spacial score (nSPS) is 19.6. The summed E-state index contributed by atoms with van der Waals surface area (Å²) in [6.45, 7) is 1.16. The third-order valence-electron chi connectivity index (χ3n) is 6.47. The van der Waals surface area contributed by atoms with Gasteiger partial charge >= 0.3 is 0 Å². The van der Waals surface area contributed by atoms with E-state index in [1.165, 1.54) is 16.5 Å². The molecule has 2 aromatic carbocycles. The van der Waals surface area contributed by atoms with Gasteiger partial charge in [-0.1, -0.05) is 78.0 Å². The van der Waals surface area contributed by atoms with Crippen LogP contribution < -0.4 is 0 Å². The number of likely N-dealkylation sites (tertiary alicyclic amines) is 1. The Morgan fingerprint density at radius 3 is 2.78 bits per heavy atom. The molecule has 1 atom stereocenters. The zero-order chi connectivity index (χ0) is 22.1. The third-order valence-corrected chi connectivity index (χ3v) is 6.47. The highest BCUT2D eigenvalue weighted by Crippen LogP contribution is 2.46. The summed E-state index contributed by atoms with van der Waals surface area (Å²) in [4.78, 5) is 18.8. The monoisotopic (exact) mass is 421 g/mol. The molecule has 6 heteroatoms. The first-order valence-corrected chi connectivity index (χ1v) is 10.7. The highest BCUT2D eigenvalue weighted by Gasteiger charge is 2.50. The first-order valence-electron chi connectivity index (χ1n) is 10.7. The molecule has 0 saturated carbocycles. The van der Waals surface area contributed by atoms with E-state index >= 15 is 0 Å². The molecule has 0 radical (unpaired) electrons. The molecule has 6 nitrogen and oxygen atoms in total. The second kappa shape index (κ2) is 7.91. The lowest BCUT2D eigenvalue weighted by Gasteiger charge is -2.27. The lowest BCUT2D eigenvalue weighted by Crippen LogP contribution is -2.38. The van der Waals surface area contributed by atoms with Crippen LogP contribution in [-0.2, 0) is 23.7 Å². The average Bonchev–Trinajstić information content (AvgIpc) is 3.16. The molecule has 0 spiro atoms. The number of carbonyl (C=O) groups excluding carboxylic acids is 1. The Balaban J connectivity index is 1.52. The summed E-state index contributed by atoms with van der Waals surface area (Å²) in [5, 5.41) is 5.11. The van der Waals surface area contributed by atoms with Crippen LogP contribution in [0, 0.1) is 0 Å². The van der Waals surface area contributed by atoms with Gasteiger partial charge in [-0.25, -0.2) is 0 Å². The van der Waals surface area contributed by atoms with E-state index in [4.69, 9.17) is 5.53 Å².